The number of amides is 3. The van der Waals surface area contributed by atoms with Crippen molar-refractivity contribution in [3.05, 3.63) is 27.8 Å². The van der Waals surface area contributed by atoms with Crippen LogP contribution in [0.3, 0.4) is 0 Å². The van der Waals surface area contributed by atoms with Gasteiger partial charge in [0.2, 0.25) is 5.91 Å². The molecular formula is C11H10N3O2S. The Morgan fingerprint density at radius 2 is 2.41 bits per heavy atom. The molecule has 0 unspecified atom stereocenters. The zero-order chi connectivity index (χ0) is 12.4. The summed E-state index contributed by atoms with van der Waals surface area (Å²) in [5.41, 5.74) is 6.01. The Balaban J connectivity index is 2.04. The van der Waals surface area contributed by atoms with Gasteiger partial charge in [0.25, 0.3) is 0 Å². The van der Waals surface area contributed by atoms with Gasteiger partial charge in [0.15, 0.2) is 0 Å². The van der Waals surface area contributed by atoms with E-state index in [1.807, 2.05) is 5.38 Å². The number of thiophene rings is 1. The Morgan fingerprint density at radius 3 is 2.94 bits per heavy atom. The van der Waals surface area contributed by atoms with Crippen molar-refractivity contribution >= 4 is 23.3 Å². The first-order valence-electron chi connectivity index (χ1n) is 5.05. The van der Waals surface area contributed by atoms with Gasteiger partial charge in [-0.05, 0) is 29.9 Å². The Hall–Kier alpha value is -1.87. The third-order valence-electron chi connectivity index (χ3n) is 2.63. The van der Waals surface area contributed by atoms with E-state index < -0.39 is 6.03 Å². The molecule has 5 nitrogen and oxygen atoms in total. The van der Waals surface area contributed by atoms with Crippen LogP contribution < -0.4 is 5.73 Å². The minimum Gasteiger partial charge on any atom is -0.351 e. The molecule has 2 heterocycles. The minimum atomic E-state index is -0.701. The van der Waals surface area contributed by atoms with Crippen molar-refractivity contribution in [2.75, 3.05) is 6.54 Å². The van der Waals surface area contributed by atoms with Gasteiger partial charge in [-0.25, -0.2) is 4.79 Å². The van der Waals surface area contributed by atoms with E-state index in [1.54, 1.807) is 6.07 Å². The number of nitrogens with zero attached hydrogens (tertiary/aromatic N) is 2. The highest BCUT2D eigenvalue weighted by molar-refractivity contribution is 7.10. The van der Waals surface area contributed by atoms with Gasteiger partial charge >= 0.3 is 6.03 Å². The Labute approximate surface area is 102 Å². The standard InChI is InChI=1S/C11H10N3O2S/c12-5-9-4-7(6-17-9)3-8-1-2-14(10(8)15)11(13)16/h4,6H,1-3H2,(H2,13,16). The molecule has 1 aliphatic heterocycles. The Morgan fingerprint density at radius 1 is 1.65 bits per heavy atom. The number of nitriles is 1. The van der Waals surface area contributed by atoms with E-state index in [4.69, 9.17) is 11.0 Å². The lowest BCUT2D eigenvalue weighted by molar-refractivity contribution is -0.123. The number of carbonyl (C=O) groups excluding carboxylic acids is 2. The number of hydrogen-bond acceptors (Lipinski definition) is 4. The molecule has 0 saturated carbocycles. The summed E-state index contributed by atoms with van der Waals surface area (Å²) in [6.07, 6.45) is 1.04. The van der Waals surface area contributed by atoms with Crippen molar-refractivity contribution in [3.8, 4) is 6.07 Å². The van der Waals surface area contributed by atoms with Crippen LogP contribution in [0.15, 0.2) is 11.4 Å². The monoisotopic (exact) mass is 248 g/mol. The maximum atomic E-state index is 11.8. The third kappa shape index (κ3) is 2.29. The second-order valence-corrected chi connectivity index (χ2v) is 4.67. The van der Waals surface area contributed by atoms with E-state index in [0.29, 0.717) is 30.2 Å². The normalized spacial score (nSPS) is 16.2. The second kappa shape index (κ2) is 4.55. The number of urea groups is 1. The van der Waals surface area contributed by atoms with Gasteiger partial charge in [-0.2, -0.15) is 5.26 Å². The first-order chi connectivity index (χ1) is 8.11. The Kier molecular flexibility index (Phi) is 3.11. The summed E-state index contributed by atoms with van der Waals surface area (Å²) in [5, 5.41) is 10.5. The van der Waals surface area contributed by atoms with E-state index in [-0.39, 0.29) is 5.91 Å². The molecule has 1 radical (unpaired) electrons. The molecule has 0 aromatic carbocycles. The summed E-state index contributed by atoms with van der Waals surface area (Å²) in [7, 11) is 0. The highest BCUT2D eigenvalue weighted by Crippen LogP contribution is 2.26. The number of primary amides is 1. The number of nitrogens with two attached hydrogens (primary N) is 1. The number of likely N-dealkylation sites (tertiary alicyclic amines) is 1. The van der Waals surface area contributed by atoms with E-state index >= 15 is 0 Å². The highest BCUT2D eigenvalue weighted by Gasteiger charge is 2.35. The van der Waals surface area contributed by atoms with Crippen LogP contribution in [0.1, 0.15) is 16.9 Å². The number of hydrogen-bond donors (Lipinski definition) is 1. The van der Waals surface area contributed by atoms with Crippen molar-refractivity contribution in [1.82, 2.24) is 4.90 Å². The van der Waals surface area contributed by atoms with Crippen LogP contribution in [0.25, 0.3) is 0 Å². The minimum absolute atomic E-state index is 0.290. The molecule has 6 heteroatoms. The number of rotatable bonds is 2. The van der Waals surface area contributed by atoms with Crippen molar-refractivity contribution in [2.24, 2.45) is 5.73 Å². The molecule has 0 bridgehead atoms. The van der Waals surface area contributed by atoms with Crippen LogP contribution in [0, 0.1) is 17.2 Å². The fraction of sp³-hybridized carbons (Fsp3) is 0.273. The molecule has 0 aliphatic carbocycles. The van der Waals surface area contributed by atoms with Crippen molar-refractivity contribution < 1.29 is 9.59 Å². The molecule has 1 aromatic rings. The predicted octanol–water partition coefficient (Wildman–Crippen LogP) is 1.05. The molecule has 0 spiro atoms. The largest absolute Gasteiger partial charge is 0.351 e. The van der Waals surface area contributed by atoms with Crippen LogP contribution in [-0.2, 0) is 11.2 Å². The van der Waals surface area contributed by atoms with Crippen LogP contribution in [-0.4, -0.2) is 23.4 Å². The molecular weight excluding hydrogens is 238 g/mol. The fourth-order valence-electron chi connectivity index (χ4n) is 1.79. The molecule has 1 aromatic heterocycles. The first-order valence-corrected chi connectivity index (χ1v) is 5.93. The molecule has 3 amide bonds. The molecule has 1 fully saturated rings. The van der Waals surface area contributed by atoms with Crippen molar-refractivity contribution in [1.29, 1.82) is 5.26 Å². The van der Waals surface area contributed by atoms with Gasteiger partial charge in [0.1, 0.15) is 10.9 Å². The molecule has 2 N–H and O–H groups in total. The topological polar surface area (TPSA) is 87.2 Å². The van der Waals surface area contributed by atoms with Crippen LogP contribution in [0.5, 0.6) is 0 Å². The summed E-state index contributed by atoms with van der Waals surface area (Å²) in [4.78, 5) is 24.4. The summed E-state index contributed by atoms with van der Waals surface area (Å²) in [5.74, 6) is 0.383. The van der Waals surface area contributed by atoms with Gasteiger partial charge in [-0.3, -0.25) is 9.69 Å². The smallest absolute Gasteiger partial charge is 0.321 e. The van der Waals surface area contributed by atoms with Gasteiger partial charge in [0, 0.05) is 6.54 Å². The zero-order valence-electron chi connectivity index (χ0n) is 8.97. The fourth-order valence-corrected chi connectivity index (χ4v) is 2.50. The van der Waals surface area contributed by atoms with Gasteiger partial charge in [-0.15, -0.1) is 11.3 Å². The second-order valence-electron chi connectivity index (χ2n) is 3.76. The van der Waals surface area contributed by atoms with Crippen LogP contribution in [0.4, 0.5) is 4.79 Å². The first kappa shape index (κ1) is 11.6. The number of imide groups is 1. The third-order valence-corrected chi connectivity index (χ3v) is 3.52. The molecule has 1 aliphatic rings. The van der Waals surface area contributed by atoms with E-state index in [9.17, 15) is 9.59 Å². The quantitative estimate of drug-likeness (QED) is 0.848. The molecule has 87 valence electrons. The molecule has 2 rings (SSSR count). The molecule has 17 heavy (non-hydrogen) atoms. The summed E-state index contributed by atoms with van der Waals surface area (Å²) in [6, 6.07) is 3.11. The van der Waals surface area contributed by atoms with Gasteiger partial charge in [0.05, 0.1) is 5.92 Å². The maximum absolute atomic E-state index is 11.8. The van der Waals surface area contributed by atoms with E-state index in [0.717, 1.165) is 10.5 Å². The maximum Gasteiger partial charge on any atom is 0.321 e. The summed E-state index contributed by atoms with van der Waals surface area (Å²) < 4.78 is 0. The SMILES string of the molecule is N#Cc1cc(C[C]2CCN(C(N)=O)C2=O)cs1. The zero-order valence-corrected chi connectivity index (χ0v) is 9.79. The van der Waals surface area contributed by atoms with Crippen molar-refractivity contribution in [2.45, 2.75) is 12.8 Å². The molecule has 0 atom stereocenters. The van der Waals surface area contributed by atoms with Crippen molar-refractivity contribution in [3.63, 3.8) is 0 Å². The Bertz CT molecular complexity index is 503. The average molecular weight is 248 g/mol. The summed E-state index contributed by atoms with van der Waals surface area (Å²) >= 11 is 1.35. The van der Waals surface area contributed by atoms with Crippen LogP contribution >= 0.6 is 11.3 Å². The van der Waals surface area contributed by atoms with E-state index in [1.165, 1.54) is 11.3 Å². The van der Waals surface area contributed by atoms with Crippen LogP contribution in [0.2, 0.25) is 0 Å². The molecule has 1 saturated heterocycles. The summed E-state index contributed by atoms with van der Waals surface area (Å²) in [6.45, 7) is 0.360. The highest BCUT2D eigenvalue weighted by atomic mass is 32.1. The predicted molar refractivity (Wildman–Crippen MR) is 61.9 cm³/mol. The van der Waals surface area contributed by atoms with E-state index in [2.05, 4.69) is 6.07 Å². The van der Waals surface area contributed by atoms with Gasteiger partial charge < -0.3 is 5.73 Å². The average Bonchev–Trinajstić information content (AvgIpc) is 2.87. The van der Waals surface area contributed by atoms with Gasteiger partial charge in [-0.1, -0.05) is 0 Å². The lowest BCUT2D eigenvalue weighted by atomic mass is 10.00. The lowest BCUT2D eigenvalue weighted by Crippen LogP contribution is -2.37. The lowest BCUT2D eigenvalue weighted by Gasteiger charge is -2.10. The number of carbonyl (C=O) groups is 2.